The molecular formula is C27H29NO4. The molecule has 0 bridgehead atoms. The highest BCUT2D eigenvalue weighted by molar-refractivity contribution is 6.01. The molecule has 1 atom stereocenters. The first kappa shape index (κ1) is 22.0. The first-order valence-corrected chi connectivity index (χ1v) is 11.3. The Morgan fingerprint density at radius 3 is 2.47 bits per heavy atom. The minimum Gasteiger partial charge on any atom is -0.491 e. The Bertz CT molecular complexity index is 1070. The Balaban J connectivity index is 1.33. The van der Waals surface area contributed by atoms with Crippen LogP contribution in [0, 0.1) is 0 Å². The van der Waals surface area contributed by atoms with Gasteiger partial charge in [0.25, 0.3) is 0 Å². The summed E-state index contributed by atoms with van der Waals surface area (Å²) in [6.07, 6.45) is 2.54. The first-order valence-electron chi connectivity index (χ1n) is 11.3. The second-order valence-electron chi connectivity index (χ2n) is 8.40. The van der Waals surface area contributed by atoms with Crippen molar-refractivity contribution in [3.05, 3.63) is 77.9 Å². The van der Waals surface area contributed by atoms with E-state index in [0.29, 0.717) is 30.6 Å². The molecule has 0 radical (unpaired) electrons. The van der Waals surface area contributed by atoms with E-state index < -0.39 is 6.10 Å². The Morgan fingerprint density at radius 1 is 0.938 bits per heavy atom. The molecule has 32 heavy (non-hydrogen) atoms. The second kappa shape index (κ2) is 10.4. The Kier molecular flexibility index (Phi) is 7.17. The van der Waals surface area contributed by atoms with E-state index in [1.54, 1.807) is 0 Å². The van der Waals surface area contributed by atoms with Crippen molar-refractivity contribution in [2.45, 2.75) is 38.2 Å². The SMILES string of the molecule is O=C(Cc1ccccc1)c1ccc2ccc(OCC(O)CCC(=O)N3CCCC3)cc2c1. The number of Topliss-reactive ketones (excluding diaryl/α,β-unsaturated/α-hetero) is 1. The van der Waals surface area contributed by atoms with Crippen LogP contribution < -0.4 is 4.74 Å². The van der Waals surface area contributed by atoms with Crippen molar-refractivity contribution in [2.24, 2.45) is 0 Å². The van der Waals surface area contributed by atoms with Gasteiger partial charge >= 0.3 is 0 Å². The van der Waals surface area contributed by atoms with Crippen molar-refractivity contribution < 1.29 is 19.4 Å². The van der Waals surface area contributed by atoms with E-state index >= 15 is 0 Å². The number of fused-ring (bicyclic) bond motifs is 1. The lowest BCUT2D eigenvalue weighted by Gasteiger charge is -2.17. The second-order valence-corrected chi connectivity index (χ2v) is 8.40. The van der Waals surface area contributed by atoms with Gasteiger partial charge in [-0.3, -0.25) is 9.59 Å². The molecule has 1 unspecified atom stereocenters. The number of carbonyl (C=O) groups excluding carboxylic acids is 2. The summed E-state index contributed by atoms with van der Waals surface area (Å²) in [5.41, 5.74) is 1.66. The smallest absolute Gasteiger partial charge is 0.222 e. The number of hydrogen-bond acceptors (Lipinski definition) is 4. The summed E-state index contributed by atoms with van der Waals surface area (Å²) in [5, 5.41) is 12.2. The molecule has 1 aliphatic heterocycles. The van der Waals surface area contributed by atoms with Crippen LogP contribution in [-0.4, -0.2) is 47.5 Å². The first-order chi connectivity index (χ1) is 15.6. The van der Waals surface area contributed by atoms with Crippen LogP contribution in [0.4, 0.5) is 0 Å². The van der Waals surface area contributed by atoms with Crippen molar-refractivity contribution in [2.75, 3.05) is 19.7 Å². The molecule has 1 saturated heterocycles. The van der Waals surface area contributed by atoms with E-state index in [-0.39, 0.29) is 18.3 Å². The third kappa shape index (κ3) is 5.74. The molecule has 0 saturated carbocycles. The number of carbonyl (C=O) groups is 2. The minimum absolute atomic E-state index is 0.0718. The summed E-state index contributed by atoms with van der Waals surface area (Å²) >= 11 is 0. The molecule has 1 amide bonds. The van der Waals surface area contributed by atoms with E-state index in [9.17, 15) is 14.7 Å². The molecule has 0 spiro atoms. The summed E-state index contributed by atoms with van der Waals surface area (Å²) in [6.45, 7) is 1.79. The van der Waals surface area contributed by atoms with Crippen LogP contribution in [0.15, 0.2) is 66.7 Å². The van der Waals surface area contributed by atoms with Crippen molar-refractivity contribution in [1.82, 2.24) is 4.90 Å². The van der Waals surface area contributed by atoms with Crippen LogP contribution in [0.1, 0.15) is 41.6 Å². The topological polar surface area (TPSA) is 66.8 Å². The zero-order valence-corrected chi connectivity index (χ0v) is 18.2. The number of ether oxygens (including phenoxy) is 1. The number of aliphatic hydroxyl groups is 1. The van der Waals surface area contributed by atoms with Gasteiger partial charge in [-0.15, -0.1) is 0 Å². The van der Waals surface area contributed by atoms with Gasteiger partial charge in [-0.25, -0.2) is 0 Å². The van der Waals surface area contributed by atoms with Gasteiger partial charge in [-0.1, -0.05) is 48.5 Å². The van der Waals surface area contributed by atoms with Gasteiger partial charge in [0.05, 0.1) is 6.10 Å². The fourth-order valence-electron chi connectivity index (χ4n) is 4.06. The zero-order valence-electron chi connectivity index (χ0n) is 18.2. The van der Waals surface area contributed by atoms with E-state index in [4.69, 9.17) is 4.74 Å². The molecule has 3 aromatic rings. The fourth-order valence-corrected chi connectivity index (χ4v) is 4.06. The number of aliphatic hydroxyl groups excluding tert-OH is 1. The average molecular weight is 432 g/mol. The van der Waals surface area contributed by atoms with E-state index in [1.807, 2.05) is 71.6 Å². The lowest BCUT2D eigenvalue weighted by molar-refractivity contribution is -0.130. The molecule has 166 valence electrons. The molecule has 5 nitrogen and oxygen atoms in total. The molecule has 5 heteroatoms. The largest absolute Gasteiger partial charge is 0.491 e. The van der Waals surface area contributed by atoms with Gasteiger partial charge in [0, 0.05) is 31.5 Å². The summed E-state index contributed by atoms with van der Waals surface area (Å²) in [6, 6.07) is 21.1. The lowest BCUT2D eigenvalue weighted by Crippen LogP contribution is -2.29. The third-order valence-corrected chi connectivity index (χ3v) is 5.93. The number of benzene rings is 3. The normalized spacial score (nSPS) is 14.5. The van der Waals surface area contributed by atoms with Crippen LogP contribution >= 0.6 is 0 Å². The van der Waals surface area contributed by atoms with Gasteiger partial charge in [0.1, 0.15) is 12.4 Å². The zero-order chi connectivity index (χ0) is 22.3. The summed E-state index contributed by atoms with van der Waals surface area (Å²) < 4.78 is 5.77. The molecule has 1 fully saturated rings. The van der Waals surface area contributed by atoms with Gasteiger partial charge in [-0.2, -0.15) is 0 Å². The van der Waals surface area contributed by atoms with Crippen LogP contribution in [0.3, 0.4) is 0 Å². The van der Waals surface area contributed by atoms with Gasteiger partial charge in [0.2, 0.25) is 5.91 Å². The summed E-state index contributed by atoms with van der Waals surface area (Å²) in [7, 11) is 0. The quantitative estimate of drug-likeness (QED) is 0.510. The monoisotopic (exact) mass is 431 g/mol. The minimum atomic E-state index is -0.698. The molecule has 3 aromatic carbocycles. The van der Waals surface area contributed by atoms with Crippen LogP contribution in [-0.2, 0) is 11.2 Å². The van der Waals surface area contributed by atoms with Crippen LogP contribution in [0.5, 0.6) is 5.75 Å². The predicted molar refractivity (Wildman–Crippen MR) is 125 cm³/mol. The van der Waals surface area contributed by atoms with E-state index in [1.165, 1.54) is 0 Å². The Hall–Kier alpha value is -3.18. The Labute approximate surface area is 188 Å². The molecule has 1 N–H and O–H groups in total. The standard InChI is InChI=1S/C27H29NO4/c29-24(11-13-27(31)28-14-4-5-15-28)19-32-25-12-10-21-8-9-22(17-23(21)18-25)26(30)16-20-6-2-1-3-7-20/h1-3,6-10,12,17-18,24,29H,4-5,11,13-16,19H2. The van der Waals surface area contributed by atoms with Crippen molar-refractivity contribution in [1.29, 1.82) is 0 Å². The van der Waals surface area contributed by atoms with Crippen molar-refractivity contribution >= 4 is 22.5 Å². The number of ketones is 1. The average Bonchev–Trinajstić information content (AvgIpc) is 3.36. The predicted octanol–water partition coefficient (Wildman–Crippen LogP) is 4.41. The summed E-state index contributed by atoms with van der Waals surface area (Å²) in [5.74, 6) is 0.817. The van der Waals surface area contributed by atoms with Crippen LogP contribution in [0.25, 0.3) is 10.8 Å². The Morgan fingerprint density at radius 2 is 1.69 bits per heavy atom. The van der Waals surface area contributed by atoms with Crippen LogP contribution in [0.2, 0.25) is 0 Å². The number of hydrogen-bond donors (Lipinski definition) is 1. The molecule has 4 rings (SSSR count). The maximum atomic E-state index is 12.7. The highest BCUT2D eigenvalue weighted by Crippen LogP contribution is 2.23. The molecular weight excluding hydrogens is 402 g/mol. The van der Waals surface area contributed by atoms with E-state index in [2.05, 4.69) is 0 Å². The number of amides is 1. The maximum Gasteiger partial charge on any atom is 0.222 e. The van der Waals surface area contributed by atoms with Gasteiger partial charge < -0.3 is 14.7 Å². The highest BCUT2D eigenvalue weighted by atomic mass is 16.5. The molecule has 1 aliphatic rings. The molecule has 0 aromatic heterocycles. The van der Waals surface area contributed by atoms with Crippen molar-refractivity contribution in [3.63, 3.8) is 0 Å². The van der Waals surface area contributed by atoms with E-state index in [0.717, 1.165) is 42.3 Å². The van der Waals surface area contributed by atoms with Gasteiger partial charge in [-0.05, 0) is 53.8 Å². The summed E-state index contributed by atoms with van der Waals surface area (Å²) in [4.78, 5) is 26.7. The highest BCUT2D eigenvalue weighted by Gasteiger charge is 2.19. The third-order valence-electron chi connectivity index (χ3n) is 5.93. The number of nitrogens with zero attached hydrogens (tertiary/aromatic N) is 1. The van der Waals surface area contributed by atoms with Crippen molar-refractivity contribution in [3.8, 4) is 5.75 Å². The molecule has 1 heterocycles. The molecule has 0 aliphatic carbocycles. The number of rotatable bonds is 9. The van der Waals surface area contributed by atoms with Gasteiger partial charge in [0.15, 0.2) is 5.78 Å². The maximum absolute atomic E-state index is 12.7. The lowest BCUT2D eigenvalue weighted by atomic mass is 10.00. The number of likely N-dealkylation sites (tertiary alicyclic amines) is 1. The fraction of sp³-hybridized carbons (Fsp3) is 0.333.